The lowest BCUT2D eigenvalue weighted by Gasteiger charge is -2.23. The maximum atomic E-state index is 5.44. The predicted octanol–water partition coefficient (Wildman–Crippen LogP) is 1.32. The summed E-state index contributed by atoms with van der Waals surface area (Å²) in [6, 6.07) is 0. The number of hydrogen-bond acceptors (Lipinski definition) is 2. The highest BCUT2D eigenvalue weighted by Gasteiger charge is 2.15. The van der Waals surface area contributed by atoms with E-state index in [1.807, 2.05) is 0 Å². The summed E-state index contributed by atoms with van der Waals surface area (Å²) in [5.74, 6) is 0.673. The van der Waals surface area contributed by atoms with Crippen molar-refractivity contribution >= 4 is 0 Å². The van der Waals surface area contributed by atoms with Gasteiger partial charge < -0.3 is 10.5 Å². The van der Waals surface area contributed by atoms with Gasteiger partial charge in [-0.25, -0.2) is 0 Å². The molecule has 2 heteroatoms. The zero-order valence-electron chi connectivity index (χ0n) is 7.01. The molecule has 0 spiro atoms. The molecule has 2 N–H and O–H groups in total. The van der Waals surface area contributed by atoms with Crippen molar-refractivity contribution in [2.45, 2.75) is 19.3 Å². The van der Waals surface area contributed by atoms with Crippen LogP contribution in [0.2, 0.25) is 0 Å². The average Bonchev–Trinajstić information content (AvgIpc) is 2.07. The Morgan fingerprint density at radius 3 is 2.64 bits per heavy atom. The molecule has 0 radical (unpaired) electrons. The van der Waals surface area contributed by atoms with E-state index >= 15 is 0 Å². The molecule has 0 aromatic rings. The smallest absolute Gasteiger partial charge is 0.0471 e. The largest absolute Gasteiger partial charge is 0.381 e. The predicted molar refractivity (Wildman–Crippen MR) is 46.4 cm³/mol. The first-order valence-electron chi connectivity index (χ1n) is 4.30. The normalized spacial score (nSPS) is 20.1. The number of rotatable bonds is 3. The Hall–Kier alpha value is -0.340. The number of hydrogen-bond donors (Lipinski definition) is 1. The minimum atomic E-state index is 0.673. The standard InChI is InChI=1S/C9H17NO/c1-8(2-5-10)9-3-6-11-7-4-9/h9H,1-7,10H2. The minimum Gasteiger partial charge on any atom is -0.381 e. The summed E-state index contributed by atoms with van der Waals surface area (Å²) in [6.07, 6.45) is 3.25. The van der Waals surface area contributed by atoms with Crippen molar-refractivity contribution in [3.05, 3.63) is 12.2 Å². The monoisotopic (exact) mass is 155 g/mol. The zero-order chi connectivity index (χ0) is 8.10. The van der Waals surface area contributed by atoms with Gasteiger partial charge in [0.25, 0.3) is 0 Å². The molecule has 11 heavy (non-hydrogen) atoms. The summed E-state index contributed by atoms with van der Waals surface area (Å²) in [5.41, 5.74) is 6.76. The third-order valence-corrected chi connectivity index (χ3v) is 2.26. The molecule has 0 saturated carbocycles. The quantitative estimate of drug-likeness (QED) is 0.624. The molecular formula is C9H17NO. The maximum Gasteiger partial charge on any atom is 0.0471 e. The SMILES string of the molecule is C=C(CCN)C1CCOCC1. The molecule has 0 atom stereocenters. The molecule has 0 aliphatic carbocycles. The van der Waals surface area contributed by atoms with Crippen molar-refractivity contribution in [3.63, 3.8) is 0 Å². The Morgan fingerprint density at radius 2 is 2.09 bits per heavy atom. The first-order chi connectivity index (χ1) is 5.34. The van der Waals surface area contributed by atoms with E-state index in [1.165, 1.54) is 5.57 Å². The fourth-order valence-corrected chi connectivity index (χ4v) is 1.50. The van der Waals surface area contributed by atoms with Crippen LogP contribution in [0.5, 0.6) is 0 Å². The first kappa shape index (κ1) is 8.75. The third kappa shape index (κ3) is 2.64. The summed E-state index contributed by atoms with van der Waals surface area (Å²) in [4.78, 5) is 0. The van der Waals surface area contributed by atoms with E-state index in [1.54, 1.807) is 0 Å². The van der Waals surface area contributed by atoms with E-state index < -0.39 is 0 Å². The molecule has 1 aliphatic heterocycles. The molecule has 2 nitrogen and oxygen atoms in total. The average molecular weight is 155 g/mol. The van der Waals surface area contributed by atoms with Crippen molar-refractivity contribution in [1.29, 1.82) is 0 Å². The molecule has 0 aromatic carbocycles. The van der Waals surface area contributed by atoms with E-state index in [-0.39, 0.29) is 0 Å². The molecule has 0 aromatic heterocycles. The van der Waals surface area contributed by atoms with Crippen molar-refractivity contribution in [2.24, 2.45) is 11.7 Å². The first-order valence-corrected chi connectivity index (χ1v) is 4.30. The van der Waals surface area contributed by atoms with Crippen LogP contribution in [0.4, 0.5) is 0 Å². The molecule has 64 valence electrons. The van der Waals surface area contributed by atoms with Gasteiger partial charge in [-0.2, -0.15) is 0 Å². The highest BCUT2D eigenvalue weighted by molar-refractivity contribution is 5.01. The fourth-order valence-electron chi connectivity index (χ4n) is 1.50. The topological polar surface area (TPSA) is 35.2 Å². The van der Waals surface area contributed by atoms with Crippen LogP contribution in [-0.2, 0) is 4.74 Å². The van der Waals surface area contributed by atoms with Crippen LogP contribution in [0.1, 0.15) is 19.3 Å². The van der Waals surface area contributed by atoms with E-state index in [4.69, 9.17) is 10.5 Å². The molecule has 1 rings (SSSR count). The minimum absolute atomic E-state index is 0.673. The molecule has 0 amide bonds. The maximum absolute atomic E-state index is 5.44. The van der Waals surface area contributed by atoms with Crippen LogP contribution < -0.4 is 5.73 Å². The lowest BCUT2D eigenvalue weighted by Crippen LogP contribution is -2.18. The van der Waals surface area contributed by atoms with Crippen molar-refractivity contribution in [3.8, 4) is 0 Å². The van der Waals surface area contributed by atoms with E-state index in [0.29, 0.717) is 5.92 Å². The third-order valence-electron chi connectivity index (χ3n) is 2.26. The second-order valence-corrected chi connectivity index (χ2v) is 3.08. The van der Waals surface area contributed by atoms with Gasteiger partial charge in [0.2, 0.25) is 0 Å². The lowest BCUT2D eigenvalue weighted by atomic mass is 9.91. The van der Waals surface area contributed by atoms with Crippen LogP contribution in [0.3, 0.4) is 0 Å². The summed E-state index contributed by atoms with van der Waals surface area (Å²) >= 11 is 0. The molecule has 0 bridgehead atoms. The molecule has 1 aliphatic rings. The summed E-state index contributed by atoms with van der Waals surface area (Å²) in [6.45, 7) is 6.56. The van der Waals surface area contributed by atoms with Crippen molar-refractivity contribution in [1.82, 2.24) is 0 Å². The van der Waals surface area contributed by atoms with Gasteiger partial charge in [-0.05, 0) is 31.7 Å². The lowest BCUT2D eigenvalue weighted by molar-refractivity contribution is 0.0751. The van der Waals surface area contributed by atoms with Gasteiger partial charge in [0, 0.05) is 13.2 Å². The van der Waals surface area contributed by atoms with Crippen LogP contribution >= 0.6 is 0 Å². The van der Waals surface area contributed by atoms with Gasteiger partial charge in [-0.3, -0.25) is 0 Å². The molecule has 1 fully saturated rings. The van der Waals surface area contributed by atoms with Crippen LogP contribution in [0.15, 0.2) is 12.2 Å². The fraction of sp³-hybridized carbons (Fsp3) is 0.778. The van der Waals surface area contributed by atoms with Gasteiger partial charge in [-0.1, -0.05) is 12.2 Å². The van der Waals surface area contributed by atoms with Crippen LogP contribution in [-0.4, -0.2) is 19.8 Å². The number of nitrogens with two attached hydrogens (primary N) is 1. The molecule has 1 saturated heterocycles. The zero-order valence-corrected chi connectivity index (χ0v) is 7.01. The van der Waals surface area contributed by atoms with E-state index in [9.17, 15) is 0 Å². The second kappa shape index (κ2) is 4.52. The Morgan fingerprint density at radius 1 is 1.45 bits per heavy atom. The highest BCUT2D eigenvalue weighted by Crippen LogP contribution is 2.23. The Bertz CT molecular complexity index is 128. The Labute approximate surface area is 68.4 Å². The van der Waals surface area contributed by atoms with Crippen molar-refractivity contribution < 1.29 is 4.74 Å². The van der Waals surface area contributed by atoms with Crippen LogP contribution in [0, 0.1) is 5.92 Å². The van der Waals surface area contributed by atoms with Gasteiger partial charge >= 0.3 is 0 Å². The molecule has 1 heterocycles. The Kier molecular flexibility index (Phi) is 3.60. The number of ether oxygens (including phenoxy) is 1. The summed E-state index contributed by atoms with van der Waals surface area (Å²) in [7, 11) is 0. The van der Waals surface area contributed by atoms with Crippen LogP contribution in [0.25, 0.3) is 0 Å². The Balaban J connectivity index is 2.27. The van der Waals surface area contributed by atoms with Gasteiger partial charge in [-0.15, -0.1) is 0 Å². The second-order valence-electron chi connectivity index (χ2n) is 3.08. The summed E-state index contributed by atoms with van der Waals surface area (Å²) in [5, 5.41) is 0. The van der Waals surface area contributed by atoms with E-state index in [2.05, 4.69) is 6.58 Å². The highest BCUT2D eigenvalue weighted by atomic mass is 16.5. The van der Waals surface area contributed by atoms with E-state index in [0.717, 1.165) is 39.0 Å². The molecule has 0 unspecified atom stereocenters. The van der Waals surface area contributed by atoms with Gasteiger partial charge in [0.15, 0.2) is 0 Å². The van der Waals surface area contributed by atoms with Crippen molar-refractivity contribution in [2.75, 3.05) is 19.8 Å². The van der Waals surface area contributed by atoms with Gasteiger partial charge in [0.05, 0.1) is 0 Å². The van der Waals surface area contributed by atoms with Gasteiger partial charge in [0.1, 0.15) is 0 Å². The summed E-state index contributed by atoms with van der Waals surface area (Å²) < 4.78 is 5.26. The molecular weight excluding hydrogens is 138 g/mol.